The van der Waals surface area contributed by atoms with Crippen molar-refractivity contribution in [1.29, 1.82) is 0 Å². The van der Waals surface area contributed by atoms with Gasteiger partial charge in [0, 0.05) is 26.2 Å². The third-order valence-corrected chi connectivity index (χ3v) is 9.30. The number of amides is 1. The first-order chi connectivity index (χ1) is 19.0. The lowest BCUT2D eigenvalue weighted by Crippen LogP contribution is -2.49. The topological polar surface area (TPSA) is 143 Å². The number of fused-ring (bicyclic) bond motifs is 1. The van der Waals surface area contributed by atoms with E-state index < -0.39 is 44.4 Å². The Hall–Kier alpha value is -2.91. The van der Waals surface area contributed by atoms with Gasteiger partial charge < -0.3 is 24.8 Å². The minimum absolute atomic E-state index is 0.153. The number of ether oxygens (including phenoxy) is 2. The maximum Gasteiger partial charge on any atom is 0.296 e. The molecular weight excluding hydrogens is 545 g/mol. The number of aromatic hydroxyl groups is 1. The number of nitrogens with zero attached hydrogens (tertiary/aromatic N) is 4. The molecule has 12 nitrogen and oxygen atoms in total. The number of carbonyl (C=O) groups is 1. The molecule has 2 N–H and O–H groups in total. The Labute approximate surface area is 231 Å². The monoisotopic (exact) mass is 579 g/mol. The van der Waals surface area contributed by atoms with Crippen LogP contribution in [0.15, 0.2) is 27.9 Å². The van der Waals surface area contributed by atoms with Gasteiger partial charge in [0.05, 0.1) is 30.8 Å². The van der Waals surface area contributed by atoms with E-state index in [1.165, 1.54) is 14.9 Å². The molecule has 40 heavy (non-hydrogen) atoms. The van der Waals surface area contributed by atoms with Crippen LogP contribution in [0.1, 0.15) is 48.6 Å². The highest BCUT2D eigenvalue weighted by Gasteiger charge is 2.35. The van der Waals surface area contributed by atoms with Gasteiger partial charge in [-0.3, -0.25) is 14.2 Å². The van der Waals surface area contributed by atoms with Crippen molar-refractivity contribution >= 4 is 15.9 Å². The summed E-state index contributed by atoms with van der Waals surface area (Å²) in [7, 11) is -4.03. The summed E-state index contributed by atoms with van der Waals surface area (Å²) in [5.41, 5.74) is -2.03. The summed E-state index contributed by atoms with van der Waals surface area (Å²) in [6.07, 6.45) is 1.96. The van der Waals surface area contributed by atoms with E-state index in [-0.39, 0.29) is 61.8 Å². The highest BCUT2D eigenvalue weighted by Crippen LogP contribution is 2.27. The highest BCUT2D eigenvalue weighted by molar-refractivity contribution is 7.89. The van der Waals surface area contributed by atoms with Gasteiger partial charge >= 0.3 is 0 Å². The molecule has 1 aromatic carbocycles. The number of carbonyl (C=O) groups excluding carboxylic acids is 1. The normalized spacial score (nSPS) is 21.7. The number of morpholine rings is 1. The molecule has 218 valence electrons. The van der Waals surface area contributed by atoms with E-state index in [1.54, 1.807) is 13.8 Å². The van der Waals surface area contributed by atoms with Crippen LogP contribution in [0.3, 0.4) is 0 Å². The molecule has 5 rings (SSSR count). The number of benzene rings is 1. The number of sulfonamides is 1. The van der Waals surface area contributed by atoms with Crippen LogP contribution in [-0.4, -0.2) is 90.2 Å². The Morgan fingerprint density at radius 2 is 1.93 bits per heavy atom. The third kappa shape index (κ3) is 5.77. The van der Waals surface area contributed by atoms with Crippen LogP contribution in [0.25, 0.3) is 0 Å². The van der Waals surface area contributed by atoms with E-state index in [9.17, 15) is 27.5 Å². The first kappa shape index (κ1) is 28.6. The SMILES string of the molecule is CC1(C)OCCn2c1nc(C(=O)NCc1cc(F)cc(S(=O)(=O)N3CCOC(CN4CCCC4)C3)c1)c(O)c2=O. The number of aromatic nitrogens is 2. The zero-order chi connectivity index (χ0) is 28.7. The van der Waals surface area contributed by atoms with Gasteiger partial charge in [-0.05, 0) is 63.5 Å². The zero-order valence-electron chi connectivity index (χ0n) is 22.6. The molecule has 0 spiro atoms. The first-order valence-corrected chi connectivity index (χ1v) is 14.8. The van der Waals surface area contributed by atoms with Gasteiger partial charge in [0.15, 0.2) is 5.69 Å². The number of likely N-dealkylation sites (tertiary alicyclic amines) is 1. The quantitative estimate of drug-likeness (QED) is 0.486. The van der Waals surface area contributed by atoms with Crippen molar-refractivity contribution in [2.24, 2.45) is 0 Å². The molecular formula is C26H34FN5O7S. The van der Waals surface area contributed by atoms with E-state index >= 15 is 0 Å². The largest absolute Gasteiger partial charge is 0.501 e. The maximum atomic E-state index is 14.6. The first-order valence-electron chi connectivity index (χ1n) is 13.4. The summed E-state index contributed by atoms with van der Waals surface area (Å²) in [6, 6.07) is 3.36. The van der Waals surface area contributed by atoms with Gasteiger partial charge in [-0.15, -0.1) is 0 Å². The summed E-state index contributed by atoms with van der Waals surface area (Å²) in [6.45, 7) is 6.69. The average Bonchev–Trinajstić information content (AvgIpc) is 3.42. The van der Waals surface area contributed by atoms with Crippen LogP contribution < -0.4 is 10.9 Å². The number of rotatable bonds is 7. The zero-order valence-corrected chi connectivity index (χ0v) is 23.4. The van der Waals surface area contributed by atoms with Gasteiger partial charge in [0.2, 0.25) is 15.8 Å². The molecule has 2 saturated heterocycles. The third-order valence-electron chi connectivity index (χ3n) is 7.46. The van der Waals surface area contributed by atoms with Crippen LogP contribution in [0.2, 0.25) is 0 Å². The summed E-state index contributed by atoms with van der Waals surface area (Å²) >= 11 is 0. The maximum absolute atomic E-state index is 14.6. The molecule has 1 amide bonds. The molecule has 4 heterocycles. The number of halogens is 1. The minimum Gasteiger partial charge on any atom is -0.501 e. The number of hydrogen-bond acceptors (Lipinski definition) is 9. The standard InChI is InChI=1S/C26H34FN5O7S/c1-26(2)25-29-21(22(33)24(35)32(25)8-10-39-26)23(34)28-14-17-11-18(27)13-20(12-17)40(36,37)31-7-9-38-19(16-31)15-30-5-3-4-6-30/h11-13,19,33H,3-10,14-16H2,1-2H3,(H,28,34). The second-order valence-electron chi connectivity index (χ2n) is 10.8. The summed E-state index contributed by atoms with van der Waals surface area (Å²) in [4.78, 5) is 31.8. The predicted molar refractivity (Wildman–Crippen MR) is 141 cm³/mol. The van der Waals surface area contributed by atoms with Gasteiger partial charge in [0.25, 0.3) is 11.5 Å². The van der Waals surface area contributed by atoms with Crippen molar-refractivity contribution in [2.45, 2.75) is 56.4 Å². The van der Waals surface area contributed by atoms with Crippen molar-refractivity contribution in [3.8, 4) is 5.75 Å². The molecule has 0 saturated carbocycles. The molecule has 1 unspecified atom stereocenters. The Kier molecular flexibility index (Phi) is 7.99. The lowest BCUT2D eigenvalue weighted by molar-refractivity contribution is -0.0566. The van der Waals surface area contributed by atoms with Crippen molar-refractivity contribution < 1.29 is 32.2 Å². The van der Waals surface area contributed by atoms with Crippen molar-refractivity contribution in [2.75, 3.05) is 45.9 Å². The van der Waals surface area contributed by atoms with Crippen LogP contribution in [0.5, 0.6) is 5.75 Å². The Morgan fingerprint density at radius 3 is 2.67 bits per heavy atom. The van der Waals surface area contributed by atoms with Crippen molar-refractivity contribution in [3.05, 3.63) is 51.5 Å². The Balaban J connectivity index is 1.31. The highest BCUT2D eigenvalue weighted by atomic mass is 32.2. The van der Waals surface area contributed by atoms with E-state index in [4.69, 9.17) is 9.47 Å². The molecule has 0 radical (unpaired) electrons. The summed E-state index contributed by atoms with van der Waals surface area (Å²) in [5, 5.41) is 12.9. The fourth-order valence-corrected chi connectivity index (χ4v) is 6.93. The number of hydrogen-bond donors (Lipinski definition) is 2. The summed E-state index contributed by atoms with van der Waals surface area (Å²) < 4.78 is 55.4. The van der Waals surface area contributed by atoms with E-state index in [2.05, 4.69) is 15.2 Å². The smallest absolute Gasteiger partial charge is 0.296 e. The lowest BCUT2D eigenvalue weighted by atomic mass is 10.1. The van der Waals surface area contributed by atoms with Gasteiger partial charge in [-0.25, -0.2) is 17.8 Å². The molecule has 1 atom stereocenters. The Morgan fingerprint density at radius 1 is 1.18 bits per heavy atom. The second-order valence-corrected chi connectivity index (χ2v) is 12.7. The van der Waals surface area contributed by atoms with Crippen LogP contribution >= 0.6 is 0 Å². The molecule has 2 aromatic rings. The summed E-state index contributed by atoms with van der Waals surface area (Å²) in [5.74, 6) is -2.26. The van der Waals surface area contributed by atoms with Gasteiger partial charge in [-0.2, -0.15) is 4.31 Å². The van der Waals surface area contributed by atoms with E-state index in [0.29, 0.717) is 6.54 Å². The predicted octanol–water partition coefficient (Wildman–Crippen LogP) is 0.769. The molecule has 0 bridgehead atoms. The van der Waals surface area contributed by atoms with E-state index in [0.717, 1.165) is 38.1 Å². The fraction of sp³-hybridized carbons (Fsp3) is 0.577. The van der Waals surface area contributed by atoms with Gasteiger partial charge in [-0.1, -0.05) is 0 Å². The van der Waals surface area contributed by atoms with Crippen molar-refractivity contribution in [3.63, 3.8) is 0 Å². The van der Waals surface area contributed by atoms with E-state index in [1.807, 2.05) is 0 Å². The number of nitrogens with one attached hydrogen (secondary N) is 1. The average molecular weight is 580 g/mol. The molecule has 14 heteroatoms. The fourth-order valence-electron chi connectivity index (χ4n) is 5.39. The molecule has 1 aromatic heterocycles. The molecule has 0 aliphatic carbocycles. The van der Waals surface area contributed by atoms with Crippen LogP contribution in [0.4, 0.5) is 4.39 Å². The minimum atomic E-state index is -4.03. The Bertz CT molecular complexity index is 1460. The van der Waals surface area contributed by atoms with Crippen LogP contribution in [0, 0.1) is 5.82 Å². The molecule has 3 aliphatic heterocycles. The van der Waals surface area contributed by atoms with Gasteiger partial charge in [0.1, 0.15) is 17.2 Å². The van der Waals surface area contributed by atoms with Crippen LogP contribution in [-0.2, 0) is 38.2 Å². The lowest BCUT2D eigenvalue weighted by Gasteiger charge is -2.34. The molecule has 2 fully saturated rings. The van der Waals surface area contributed by atoms with Crippen molar-refractivity contribution in [1.82, 2.24) is 24.1 Å². The molecule has 3 aliphatic rings. The second kappa shape index (κ2) is 11.2.